The topological polar surface area (TPSA) is 23.6 Å². The summed E-state index contributed by atoms with van der Waals surface area (Å²) in [6, 6.07) is 28.5. The minimum atomic E-state index is -0.258. The molecule has 4 heteroatoms. The van der Waals surface area contributed by atoms with Crippen LogP contribution >= 0.6 is 0 Å². The summed E-state index contributed by atoms with van der Waals surface area (Å²) in [5.74, 6) is -0.195. The van der Waals surface area contributed by atoms with Crippen molar-refractivity contribution in [3.8, 4) is 0 Å². The van der Waals surface area contributed by atoms with Crippen LogP contribution in [0.2, 0.25) is 0 Å². The number of benzene rings is 4. The average Bonchev–Trinajstić information content (AvgIpc) is 3.37. The molecule has 1 aliphatic heterocycles. The summed E-state index contributed by atoms with van der Waals surface area (Å²) in [5.41, 5.74) is 10.8. The highest BCUT2D eigenvalue weighted by Gasteiger charge is 2.35. The average molecular weight is 533 g/mol. The van der Waals surface area contributed by atoms with E-state index in [9.17, 15) is 9.18 Å². The van der Waals surface area contributed by atoms with E-state index in [0.29, 0.717) is 12.1 Å². The van der Waals surface area contributed by atoms with Gasteiger partial charge in [0.2, 0.25) is 5.91 Å². The summed E-state index contributed by atoms with van der Waals surface area (Å²) in [4.78, 5) is 18.6. The van der Waals surface area contributed by atoms with Gasteiger partial charge in [0.25, 0.3) is 0 Å². The van der Waals surface area contributed by atoms with Gasteiger partial charge in [-0.3, -0.25) is 9.69 Å². The lowest BCUT2D eigenvalue weighted by Gasteiger charge is -2.40. The molecule has 0 bridgehead atoms. The van der Waals surface area contributed by atoms with Crippen molar-refractivity contribution in [2.24, 2.45) is 0 Å². The van der Waals surface area contributed by atoms with Crippen molar-refractivity contribution in [1.82, 2.24) is 9.80 Å². The SMILES string of the molecule is Cc1cc(C)c(C2c3ccccc3CCN2CC(=O)N(Cc2ccccc2F)C2Cc3ccccc3C2)c(C)c1. The monoisotopic (exact) mass is 532 g/mol. The Morgan fingerprint density at radius 2 is 1.45 bits per heavy atom. The van der Waals surface area contributed by atoms with Crippen molar-refractivity contribution in [2.45, 2.75) is 58.7 Å². The van der Waals surface area contributed by atoms with Gasteiger partial charge in [-0.05, 0) is 85.0 Å². The smallest absolute Gasteiger partial charge is 0.237 e. The fraction of sp³-hybridized carbons (Fsp3) is 0.306. The van der Waals surface area contributed by atoms with E-state index >= 15 is 0 Å². The zero-order valence-electron chi connectivity index (χ0n) is 23.7. The summed E-state index contributed by atoms with van der Waals surface area (Å²) in [6.07, 6.45) is 2.52. The molecule has 0 aromatic heterocycles. The van der Waals surface area contributed by atoms with E-state index in [1.807, 2.05) is 11.0 Å². The van der Waals surface area contributed by atoms with Crippen LogP contribution in [0.3, 0.4) is 0 Å². The second-order valence-electron chi connectivity index (χ2n) is 11.6. The van der Waals surface area contributed by atoms with Gasteiger partial charge < -0.3 is 4.90 Å². The van der Waals surface area contributed by atoms with Gasteiger partial charge in [0.1, 0.15) is 5.82 Å². The number of halogens is 1. The van der Waals surface area contributed by atoms with Crippen LogP contribution in [0.5, 0.6) is 0 Å². The van der Waals surface area contributed by atoms with Crippen molar-refractivity contribution >= 4 is 5.91 Å². The number of amides is 1. The van der Waals surface area contributed by atoms with Crippen LogP contribution in [-0.2, 0) is 30.6 Å². The predicted molar refractivity (Wildman–Crippen MR) is 159 cm³/mol. The Bertz CT molecular complexity index is 1510. The molecule has 0 saturated carbocycles. The molecule has 1 atom stereocenters. The van der Waals surface area contributed by atoms with Crippen LogP contribution in [0.4, 0.5) is 4.39 Å². The normalized spacial score (nSPS) is 16.9. The summed E-state index contributed by atoms with van der Waals surface area (Å²) in [5, 5.41) is 0. The maximum Gasteiger partial charge on any atom is 0.237 e. The second kappa shape index (κ2) is 11.0. The van der Waals surface area contributed by atoms with Crippen LogP contribution in [0.1, 0.15) is 56.1 Å². The summed E-state index contributed by atoms with van der Waals surface area (Å²) in [6.45, 7) is 7.90. The van der Waals surface area contributed by atoms with E-state index in [1.54, 1.807) is 12.1 Å². The molecule has 1 heterocycles. The minimum absolute atomic E-state index is 0.00517. The Morgan fingerprint density at radius 1 is 0.850 bits per heavy atom. The molecule has 1 aliphatic carbocycles. The fourth-order valence-electron chi connectivity index (χ4n) is 7.00. The van der Waals surface area contributed by atoms with Gasteiger partial charge in [0.15, 0.2) is 0 Å². The van der Waals surface area contributed by atoms with Crippen molar-refractivity contribution in [1.29, 1.82) is 0 Å². The van der Waals surface area contributed by atoms with E-state index in [-0.39, 0.29) is 30.4 Å². The summed E-state index contributed by atoms with van der Waals surface area (Å²) >= 11 is 0. The Hall–Kier alpha value is -3.76. The molecule has 6 rings (SSSR count). The number of carbonyl (C=O) groups is 1. The second-order valence-corrected chi connectivity index (χ2v) is 11.6. The quantitative estimate of drug-likeness (QED) is 0.270. The minimum Gasteiger partial charge on any atom is -0.333 e. The van der Waals surface area contributed by atoms with E-state index in [0.717, 1.165) is 25.8 Å². The highest BCUT2D eigenvalue weighted by Crippen LogP contribution is 2.39. The fourth-order valence-corrected chi connectivity index (χ4v) is 7.00. The van der Waals surface area contributed by atoms with Gasteiger partial charge >= 0.3 is 0 Å². The number of aryl methyl sites for hydroxylation is 3. The third-order valence-corrected chi connectivity index (χ3v) is 8.82. The molecular formula is C36H37FN2O. The van der Waals surface area contributed by atoms with Crippen LogP contribution < -0.4 is 0 Å². The first-order chi connectivity index (χ1) is 19.4. The molecule has 0 N–H and O–H groups in total. The van der Waals surface area contributed by atoms with Crippen molar-refractivity contribution in [3.05, 3.63) is 141 Å². The highest BCUT2D eigenvalue weighted by atomic mass is 19.1. The Balaban J connectivity index is 1.35. The molecule has 4 aromatic rings. The van der Waals surface area contributed by atoms with E-state index in [4.69, 9.17) is 0 Å². The lowest BCUT2D eigenvalue weighted by atomic mass is 9.83. The third-order valence-electron chi connectivity index (χ3n) is 8.82. The number of carbonyl (C=O) groups excluding carboxylic acids is 1. The summed E-state index contributed by atoms with van der Waals surface area (Å²) in [7, 11) is 0. The molecule has 4 aromatic carbocycles. The van der Waals surface area contributed by atoms with Crippen molar-refractivity contribution < 1.29 is 9.18 Å². The van der Waals surface area contributed by atoms with Crippen molar-refractivity contribution in [3.63, 3.8) is 0 Å². The van der Waals surface area contributed by atoms with Gasteiger partial charge in [-0.15, -0.1) is 0 Å². The lowest BCUT2D eigenvalue weighted by molar-refractivity contribution is -0.136. The number of rotatable bonds is 6. The molecule has 0 fully saturated rings. The first-order valence-electron chi connectivity index (χ1n) is 14.4. The first-order valence-corrected chi connectivity index (χ1v) is 14.4. The zero-order valence-corrected chi connectivity index (χ0v) is 23.7. The van der Waals surface area contributed by atoms with E-state index < -0.39 is 0 Å². The molecule has 0 spiro atoms. The largest absolute Gasteiger partial charge is 0.333 e. The number of hydrogen-bond acceptors (Lipinski definition) is 2. The van der Waals surface area contributed by atoms with E-state index in [2.05, 4.69) is 86.3 Å². The standard InChI is InChI=1S/C36H37FN2O/c1-24-18-25(2)35(26(3)19-24)36-32-14-8-6-10-27(32)16-17-38(36)23-34(40)39(22-30-13-7-9-15-33(30)37)31-20-28-11-4-5-12-29(28)21-31/h4-15,18-19,31,36H,16-17,20-23H2,1-3H3. The number of fused-ring (bicyclic) bond motifs is 2. The zero-order chi connectivity index (χ0) is 27.8. The van der Waals surface area contributed by atoms with Gasteiger partial charge in [0.05, 0.1) is 12.6 Å². The highest BCUT2D eigenvalue weighted by molar-refractivity contribution is 5.79. The molecular weight excluding hydrogens is 495 g/mol. The summed E-state index contributed by atoms with van der Waals surface area (Å²) < 4.78 is 14.8. The Morgan fingerprint density at radius 3 is 2.12 bits per heavy atom. The van der Waals surface area contributed by atoms with Crippen LogP contribution in [0.15, 0.2) is 84.9 Å². The van der Waals surface area contributed by atoms with Gasteiger partial charge in [-0.1, -0.05) is 84.4 Å². The molecule has 1 unspecified atom stereocenters. The molecule has 40 heavy (non-hydrogen) atoms. The predicted octanol–water partition coefficient (Wildman–Crippen LogP) is 6.89. The molecule has 2 aliphatic rings. The number of nitrogens with zero attached hydrogens (tertiary/aromatic N) is 2. The van der Waals surface area contributed by atoms with Crippen LogP contribution in [0, 0.1) is 26.6 Å². The van der Waals surface area contributed by atoms with Gasteiger partial charge in [0, 0.05) is 24.7 Å². The molecule has 1 amide bonds. The molecule has 0 saturated heterocycles. The lowest BCUT2D eigenvalue weighted by Crippen LogP contribution is -2.48. The van der Waals surface area contributed by atoms with E-state index in [1.165, 1.54) is 50.6 Å². The van der Waals surface area contributed by atoms with Gasteiger partial charge in [-0.25, -0.2) is 4.39 Å². The van der Waals surface area contributed by atoms with Crippen LogP contribution in [-0.4, -0.2) is 34.8 Å². The van der Waals surface area contributed by atoms with Gasteiger partial charge in [-0.2, -0.15) is 0 Å². The molecule has 204 valence electrons. The van der Waals surface area contributed by atoms with Crippen LogP contribution in [0.25, 0.3) is 0 Å². The molecule has 0 radical (unpaired) electrons. The van der Waals surface area contributed by atoms with Crippen molar-refractivity contribution in [2.75, 3.05) is 13.1 Å². The first kappa shape index (κ1) is 26.5. The third kappa shape index (κ3) is 5.09. The Labute approximate surface area is 237 Å². The maximum absolute atomic E-state index is 14.8. The number of hydrogen-bond donors (Lipinski definition) is 0. The Kier molecular flexibility index (Phi) is 7.29. The molecule has 3 nitrogen and oxygen atoms in total. The maximum atomic E-state index is 14.8.